The molecule has 3 aromatic carbocycles. The summed E-state index contributed by atoms with van der Waals surface area (Å²) in [4.78, 5) is 32.5. The number of hydrogen-bond donors (Lipinski definition) is 2. The maximum absolute atomic E-state index is 12.8. The Kier molecular flexibility index (Phi) is 7.10. The van der Waals surface area contributed by atoms with E-state index in [4.69, 9.17) is 0 Å². The quantitative estimate of drug-likeness (QED) is 0.359. The minimum Gasteiger partial charge on any atom is -0.369 e. The number of carbonyl (C=O) groups is 1. The molecule has 1 aliphatic rings. The fourth-order valence-electron chi connectivity index (χ4n) is 4.94. The SMILES string of the molecule is CCC(=O)Nc1ccc(-c2cc3cc(-c4ccc(N5CCN(C(C)C)CC5)cc4)ccc3[nH]c2=O)cc1. The van der Waals surface area contributed by atoms with E-state index in [-0.39, 0.29) is 11.5 Å². The van der Waals surface area contributed by atoms with Crippen LogP contribution in [0, 0.1) is 0 Å². The summed E-state index contributed by atoms with van der Waals surface area (Å²) in [5.74, 6) is -0.0365. The Hall–Kier alpha value is -3.90. The van der Waals surface area contributed by atoms with Crippen molar-refractivity contribution in [1.82, 2.24) is 9.88 Å². The molecule has 0 unspecified atom stereocenters. The van der Waals surface area contributed by atoms with Gasteiger partial charge in [0.25, 0.3) is 5.56 Å². The van der Waals surface area contributed by atoms with Crippen LogP contribution in [0.2, 0.25) is 0 Å². The molecule has 5 rings (SSSR count). The zero-order chi connectivity index (χ0) is 25.9. The number of anilines is 2. The fraction of sp³-hybridized carbons (Fsp3) is 0.290. The van der Waals surface area contributed by atoms with E-state index in [0.717, 1.165) is 59.5 Å². The van der Waals surface area contributed by atoms with Crippen LogP contribution in [0.5, 0.6) is 0 Å². The first-order valence-electron chi connectivity index (χ1n) is 13.1. The van der Waals surface area contributed by atoms with Crippen LogP contribution >= 0.6 is 0 Å². The normalized spacial score (nSPS) is 14.3. The molecule has 0 radical (unpaired) electrons. The van der Waals surface area contributed by atoms with Gasteiger partial charge in [-0.15, -0.1) is 0 Å². The number of fused-ring (bicyclic) bond motifs is 1. The van der Waals surface area contributed by atoms with E-state index in [1.807, 2.05) is 43.3 Å². The number of nitrogens with one attached hydrogen (secondary N) is 2. The van der Waals surface area contributed by atoms with Crippen LogP contribution in [-0.2, 0) is 4.79 Å². The van der Waals surface area contributed by atoms with E-state index in [2.05, 4.69) is 70.3 Å². The Balaban J connectivity index is 1.37. The highest BCUT2D eigenvalue weighted by atomic mass is 16.1. The second kappa shape index (κ2) is 10.6. The molecule has 0 aliphatic carbocycles. The van der Waals surface area contributed by atoms with Crippen molar-refractivity contribution in [2.45, 2.75) is 33.2 Å². The number of amides is 1. The summed E-state index contributed by atoms with van der Waals surface area (Å²) >= 11 is 0. The molecule has 2 heterocycles. The molecule has 4 aromatic rings. The molecule has 37 heavy (non-hydrogen) atoms. The van der Waals surface area contributed by atoms with Gasteiger partial charge in [-0.2, -0.15) is 0 Å². The van der Waals surface area contributed by atoms with E-state index in [9.17, 15) is 9.59 Å². The second-order valence-corrected chi connectivity index (χ2v) is 9.96. The van der Waals surface area contributed by atoms with Gasteiger partial charge in [-0.3, -0.25) is 14.5 Å². The van der Waals surface area contributed by atoms with Gasteiger partial charge < -0.3 is 15.2 Å². The van der Waals surface area contributed by atoms with Gasteiger partial charge in [-0.1, -0.05) is 37.3 Å². The molecule has 0 bridgehead atoms. The Bertz CT molecular complexity index is 1450. The molecule has 2 N–H and O–H groups in total. The first kappa shape index (κ1) is 24.8. The predicted molar refractivity (Wildman–Crippen MR) is 153 cm³/mol. The van der Waals surface area contributed by atoms with E-state index in [1.165, 1.54) is 5.69 Å². The number of benzene rings is 3. The first-order chi connectivity index (χ1) is 17.9. The van der Waals surface area contributed by atoms with Crippen LogP contribution in [0.4, 0.5) is 11.4 Å². The Morgan fingerprint density at radius 1 is 0.865 bits per heavy atom. The van der Waals surface area contributed by atoms with Crippen molar-refractivity contribution in [2.75, 3.05) is 36.4 Å². The number of pyridine rings is 1. The number of hydrogen-bond acceptors (Lipinski definition) is 4. The molecule has 6 nitrogen and oxygen atoms in total. The van der Waals surface area contributed by atoms with Crippen LogP contribution in [0.1, 0.15) is 27.2 Å². The van der Waals surface area contributed by atoms with Crippen molar-refractivity contribution in [1.29, 1.82) is 0 Å². The fourth-order valence-corrected chi connectivity index (χ4v) is 4.94. The zero-order valence-electron chi connectivity index (χ0n) is 21.8. The van der Waals surface area contributed by atoms with E-state index in [1.54, 1.807) is 0 Å². The molecule has 1 aliphatic heterocycles. The van der Waals surface area contributed by atoms with Gasteiger partial charge in [0.05, 0.1) is 0 Å². The number of aromatic nitrogens is 1. The van der Waals surface area contributed by atoms with Crippen molar-refractivity contribution in [3.05, 3.63) is 83.2 Å². The van der Waals surface area contributed by atoms with Crippen LogP contribution in [0.25, 0.3) is 33.2 Å². The predicted octanol–water partition coefficient (Wildman–Crippen LogP) is 5.74. The lowest BCUT2D eigenvalue weighted by Crippen LogP contribution is -2.48. The number of carbonyl (C=O) groups excluding carboxylic acids is 1. The number of H-pyrrole nitrogens is 1. The number of aromatic amines is 1. The van der Waals surface area contributed by atoms with Gasteiger partial charge in [0.1, 0.15) is 0 Å². The largest absolute Gasteiger partial charge is 0.369 e. The van der Waals surface area contributed by atoms with Gasteiger partial charge in [-0.05, 0) is 78.4 Å². The van der Waals surface area contributed by atoms with Crippen molar-refractivity contribution in [3.8, 4) is 22.3 Å². The molecule has 190 valence electrons. The lowest BCUT2D eigenvalue weighted by Gasteiger charge is -2.38. The summed E-state index contributed by atoms with van der Waals surface area (Å²) in [5.41, 5.74) is 6.34. The molecule has 0 saturated carbocycles. The van der Waals surface area contributed by atoms with E-state index >= 15 is 0 Å². The van der Waals surface area contributed by atoms with Crippen LogP contribution in [-0.4, -0.2) is 48.0 Å². The van der Waals surface area contributed by atoms with E-state index in [0.29, 0.717) is 18.0 Å². The molecule has 1 aromatic heterocycles. The molecule has 1 fully saturated rings. The maximum Gasteiger partial charge on any atom is 0.256 e. The van der Waals surface area contributed by atoms with Gasteiger partial charge in [0, 0.05) is 61.1 Å². The highest BCUT2D eigenvalue weighted by Crippen LogP contribution is 2.28. The lowest BCUT2D eigenvalue weighted by molar-refractivity contribution is -0.115. The van der Waals surface area contributed by atoms with Gasteiger partial charge >= 0.3 is 0 Å². The minimum atomic E-state index is -0.132. The monoisotopic (exact) mass is 494 g/mol. The number of rotatable bonds is 6. The molecule has 1 saturated heterocycles. The van der Waals surface area contributed by atoms with Crippen LogP contribution in [0.3, 0.4) is 0 Å². The average molecular weight is 495 g/mol. The molecule has 6 heteroatoms. The minimum absolute atomic E-state index is 0.0365. The zero-order valence-corrected chi connectivity index (χ0v) is 21.8. The molecule has 0 atom stereocenters. The summed E-state index contributed by atoms with van der Waals surface area (Å²) in [5, 5.41) is 3.82. The standard InChI is InChI=1S/C31H34N4O2/c1-4-30(36)32-26-10-5-23(6-11-26)28-20-25-19-24(9-14-29(25)33-31(28)37)22-7-12-27(13-8-22)35-17-15-34(16-18-35)21(2)3/h5-14,19-21H,4,15-18H2,1-3H3,(H,32,36)(H,33,37). The third-order valence-electron chi connectivity index (χ3n) is 7.26. The third kappa shape index (κ3) is 5.44. The molecule has 0 spiro atoms. The molecular formula is C31H34N4O2. The van der Waals surface area contributed by atoms with Crippen molar-refractivity contribution in [2.24, 2.45) is 0 Å². The van der Waals surface area contributed by atoms with Crippen molar-refractivity contribution < 1.29 is 4.79 Å². The smallest absolute Gasteiger partial charge is 0.256 e. The van der Waals surface area contributed by atoms with Gasteiger partial charge in [0.2, 0.25) is 5.91 Å². The first-order valence-corrected chi connectivity index (χ1v) is 13.1. The summed E-state index contributed by atoms with van der Waals surface area (Å²) in [6, 6.07) is 24.9. The summed E-state index contributed by atoms with van der Waals surface area (Å²) < 4.78 is 0. The van der Waals surface area contributed by atoms with Crippen molar-refractivity contribution in [3.63, 3.8) is 0 Å². The lowest BCUT2D eigenvalue weighted by atomic mass is 10.00. The van der Waals surface area contributed by atoms with Gasteiger partial charge in [0.15, 0.2) is 0 Å². The van der Waals surface area contributed by atoms with Gasteiger partial charge in [-0.25, -0.2) is 0 Å². The topological polar surface area (TPSA) is 68.4 Å². The highest BCUT2D eigenvalue weighted by Gasteiger charge is 2.19. The van der Waals surface area contributed by atoms with Crippen LogP contribution < -0.4 is 15.8 Å². The molecular weight excluding hydrogens is 460 g/mol. The summed E-state index contributed by atoms with van der Waals surface area (Å²) in [6.07, 6.45) is 0.423. The molecule has 1 amide bonds. The number of nitrogens with zero attached hydrogens (tertiary/aromatic N) is 2. The Labute approximate surface area is 217 Å². The number of piperazine rings is 1. The Morgan fingerprint density at radius 2 is 1.51 bits per heavy atom. The van der Waals surface area contributed by atoms with Crippen LogP contribution in [0.15, 0.2) is 77.6 Å². The Morgan fingerprint density at radius 3 is 2.16 bits per heavy atom. The van der Waals surface area contributed by atoms with Crippen molar-refractivity contribution >= 4 is 28.2 Å². The van der Waals surface area contributed by atoms with E-state index < -0.39 is 0 Å². The highest BCUT2D eigenvalue weighted by molar-refractivity contribution is 5.91. The summed E-state index contributed by atoms with van der Waals surface area (Å²) in [7, 11) is 0. The second-order valence-electron chi connectivity index (χ2n) is 9.96. The summed E-state index contributed by atoms with van der Waals surface area (Å²) in [6.45, 7) is 10.6. The maximum atomic E-state index is 12.8. The average Bonchev–Trinajstić information content (AvgIpc) is 2.93. The third-order valence-corrected chi connectivity index (χ3v) is 7.26.